The molecule has 2 heterocycles. The van der Waals surface area contributed by atoms with Crippen LogP contribution in [0.25, 0.3) is 5.69 Å². The zero-order chi connectivity index (χ0) is 17.8. The van der Waals surface area contributed by atoms with Gasteiger partial charge in [-0.2, -0.15) is 5.10 Å². The van der Waals surface area contributed by atoms with Crippen molar-refractivity contribution in [2.45, 2.75) is 12.8 Å². The third kappa shape index (κ3) is 3.50. The molecule has 0 unspecified atom stereocenters. The standard InChI is InChI=1S/C18H21N3O4/c1-24-15-12-21(14-6-4-3-5-7-14)19-16(15)17(22)20-10-8-13(9-11-20)18(23)25-2/h3-7,12-13H,8-11H2,1-2H3. The molecule has 1 aromatic carbocycles. The van der Waals surface area contributed by atoms with E-state index >= 15 is 0 Å². The zero-order valence-corrected chi connectivity index (χ0v) is 14.3. The largest absolute Gasteiger partial charge is 0.493 e. The monoisotopic (exact) mass is 343 g/mol. The molecule has 1 aliphatic heterocycles. The molecule has 3 rings (SSSR count). The van der Waals surface area contributed by atoms with E-state index in [0.717, 1.165) is 5.69 Å². The summed E-state index contributed by atoms with van der Waals surface area (Å²) < 4.78 is 11.7. The van der Waals surface area contributed by atoms with Crippen LogP contribution in [-0.2, 0) is 9.53 Å². The average molecular weight is 343 g/mol. The maximum atomic E-state index is 12.8. The van der Waals surface area contributed by atoms with Crippen molar-refractivity contribution in [3.8, 4) is 11.4 Å². The number of aromatic nitrogens is 2. The number of rotatable bonds is 4. The Balaban J connectivity index is 1.76. The molecule has 0 spiro atoms. The first-order valence-corrected chi connectivity index (χ1v) is 8.20. The van der Waals surface area contributed by atoms with Crippen molar-refractivity contribution in [2.24, 2.45) is 5.92 Å². The van der Waals surface area contributed by atoms with Crippen LogP contribution >= 0.6 is 0 Å². The van der Waals surface area contributed by atoms with E-state index in [4.69, 9.17) is 9.47 Å². The lowest BCUT2D eigenvalue weighted by Gasteiger charge is -2.30. The maximum Gasteiger partial charge on any atom is 0.308 e. The Hall–Kier alpha value is -2.83. The molecule has 1 fully saturated rings. The summed E-state index contributed by atoms with van der Waals surface area (Å²) in [6, 6.07) is 9.54. The van der Waals surface area contributed by atoms with Gasteiger partial charge in [-0.25, -0.2) is 4.68 Å². The molecule has 7 nitrogen and oxygen atoms in total. The normalized spacial score (nSPS) is 15.0. The fraction of sp³-hybridized carbons (Fsp3) is 0.389. The van der Waals surface area contributed by atoms with Crippen LogP contribution in [0.5, 0.6) is 5.75 Å². The molecule has 1 aliphatic rings. The van der Waals surface area contributed by atoms with Gasteiger partial charge in [-0.15, -0.1) is 0 Å². The molecule has 7 heteroatoms. The fourth-order valence-electron chi connectivity index (χ4n) is 3.00. The van der Waals surface area contributed by atoms with Crippen LogP contribution in [0, 0.1) is 5.92 Å². The second-order valence-corrected chi connectivity index (χ2v) is 5.92. The van der Waals surface area contributed by atoms with E-state index in [1.807, 2.05) is 30.3 Å². The number of methoxy groups -OCH3 is 2. The van der Waals surface area contributed by atoms with Crippen molar-refractivity contribution in [1.82, 2.24) is 14.7 Å². The third-order valence-corrected chi connectivity index (χ3v) is 4.44. The average Bonchev–Trinajstić information content (AvgIpc) is 3.12. The van der Waals surface area contributed by atoms with Gasteiger partial charge in [-0.3, -0.25) is 9.59 Å². The van der Waals surface area contributed by atoms with Gasteiger partial charge in [0.1, 0.15) is 0 Å². The number of ether oxygens (including phenoxy) is 2. The number of nitrogens with zero attached hydrogens (tertiary/aromatic N) is 3. The molecular formula is C18H21N3O4. The highest BCUT2D eigenvalue weighted by molar-refractivity contribution is 5.95. The first-order chi connectivity index (χ1) is 12.1. The van der Waals surface area contributed by atoms with Crippen LogP contribution in [0.2, 0.25) is 0 Å². The Labute approximate surface area is 146 Å². The van der Waals surface area contributed by atoms with Crippen molar-refractivity contribution in [3.05, 3.63) is 42.2 Å². The topological polar surface area (TPSA) is 73.7 Å². The molecule has 1 amide bonds. The Kier molecular flexibility index (Phi) is 5.02. The molecule has 0 aliphatic carbocycles. The zero-order valence-electron chi connectivity index (χ0n) is 14.3. The predicted molar refractivity (Wildman–Crippen MR) is 90.8 cm³/mol. The van der Waals surface area contributed by atoms with Crippen LogP contribution in [0.3, 0.4) is 0 Å². The number of piperidine rings is 1. The molecule has 0 atom stereocenters. The van der Waals surface area contributed by atoms with E-state index in [0.29, 0.717) is 31.7 Å². The Morgan fingerprint density at radius 3 is 2.40 bits per heavy atom. The number of hydrogen-bond acceptors (Lipinski definition) is 5. The molecule has 2 aromatic rings. The van der Waals surface area contributed by atoms with E-state index in [-0.39, 0.29) is 23.5 Å². The van der Waals surface area contributed by atoms with Crippen LogP contribution in [0.4, 0.5) is 0 Å². The predicted octanol–water partition coefficient (Wildman–Crippen LogP) is 1.91. The van der Waals surface area contributed by atoms with E-state index in [1.165, 1.54) is 14.2 Å². The number of benzene rings is 1. The van der Waals surface area contributed by atoms with Crippen molar-refractivity contribution in [3.63, 3.8) is 0 Å². The first-order valence-electron chi connectivity index (χ1n) is 8.20. The Bertz CT molecular complexity index is 749. The smallest absolute Gasteiger partial charge is 0.308 e. The molecule has 0 saturated carbocycles. The van der Waals surface area contributed by atoms with Crippen LogP contribution in [0.15, 0.2) is 36.5 Å². The molecule has 25 heavy (non-hydrogen) atoms. The number of likely N-dealkylation sites (tertiary alicyclic amines) is 1. The lowest BCUT2D eigenvalue weighted by Crippen LogP contribution is -2.40. The summed E-state index contributed by atoms with van der Waals surface area (Å²) >= 11 is 0. The van der Waals surface area contributed by atoms with Crippen molar-refractivity contribution in [2.75, 3.05) is 27.3 Å². The highest BCUT2D eigenvalue weighted by Crippen LogP contribution is 2.24. The van der Waals surface area contributed by atoms with E-state index < -0.39 is 0 Å². The Morgan fingerprint density at radius 2 is 1.80 bits per heavy atom. The van der Waals surface area contributed by atoms with Gasteiger partial charge in [0, 0.05) is 13.1 Å². The second kappa shape index (κ2) is 7.38. The van der Waals surface area contributed by atoms with E-state index in [2.05, 4.69) is 5.10 Å². The molecule has 0 bridgehead atoms. The highest BCUT2D eigenvalue weighted by Gasteiger charge is 2.30. The maximum absolute atomic E-state index is 12.8. The summed E-state index contributed by atoms with van der Waals surface area (Å²) in [7, 11) is 2.91. The molecule has 0 N–H and O–H groups in total. The number of amides is 1. The summed E-state index contributed by atoms with van der Waals surface area (Å²) in [4.78, 5) is 26.1. The van der Waals surface area contributed by atoms with Crippen LogP contribution in [-0.4, -0.2) is 53.9 Å². The van der Waals surface area contributed by atoms with Gasteiger partial charge in [0.2, 0.25) is 0 Å². The summed E-state index contributed by atoms with van der Waals surface area (Å²) in [5.74, 6) is -0.102. The molecule has 0 radical (unpaired) electrons. The van der Waals surface area contributed by atoms with Crippen LogP contribution in [0.1, 0.15) is 23.3 Å². The SMILES string of the molecule is COC(=O)C1CCN(C(=O)c2nn(-c3ccccc3)cc2OC)CC1. The summed E-state index contributed by atoms with van der Waals surface area (Å²) in [5.41, 5.74) is 1.13. The van der Waals surface area contributed by atoms with E-state index in [1.54, 1.807) is 15.8 Å². The number of carbonyl (C=O) groups excluding carboxylic acids is 2. The van der Waals surface area contributed by atoms with Crippen molar-refractivity contribution >= 4 is 11.9 Å². The summed E-state index contributed by atoms with van der Waals surface area (Å²) in [6.07, 6.45) is 2.89. The van der Waals surface area contributed by atoms with E-state index in [9.17, 15) is 9.59 Å². The fourth-order valence-corrected chi connectivity index (χ4v) is 3.00. The van der Waals surface area contributed by atoms with Gasteiger partial charge in [0.05, 0.1) is 32.0 Å². The van der Waals surface area contributed by atoms with Crippen LogP contribution < -0.4 is 4.74 Å². The minimum Gasteiger partial charge on any atom is -0.493 e. The second-order valence-electron chi connectivity index (χ2n) is 5.92. The summed E-state index contributed by atoms with van der Waals surface area (Å²) in [5, 5.41) is 4.41. The lowest BCUT2D eigenvalue weighted by atomic mass is 9.97. The third-order valence-electron chi connectivity index (χ3n) is 4.44. The van der Waals surface area contributed by atoms with Crippen molar-refractivity contribution < 1.29 is 19.1 Å². The molecular weight excluding hydrogens is 322 g/mol. The van der Waals surface area contributed by atoms with Gasteiger partial charge in [0.25, 0.3) is 5.91 Å². The van der Waals surface area contributed by atoms with Crippen molar-refractivity contribution in [1.29, 1.82) is 0 Å². The number of para-hydroxylation sites is 1. The minimum absolute atomic E-state index is 0.141. The molecule has 1 aromatic heterocycles. The Morgan fingerprint density at radius 1 is 1.12 bits per heavy atom. The van der Waals surface area contributed by atoms with Gasteiger partial charge in [-0.1, -0.05) is 18.2 Å². The number of carbonyl (C=O) groups is 2. The molecule has 132 valence electrons. The van der Waals surface area contributed by atoms with Gasteiger partial charge in [0.15, 0.2) is 11.4 Å². The highest BCUT2D eigenvalue weighted by atomic mass is 16.5. The lowest BCUT2D eigenvalue weighted by molar-refractivity contribution is -0.146. The first kappa shape index (κ1) is 17.0. The summed E-state index contributed by atoms with van der Waals surface area (Å²) in [6.45, 7) is 1.000. The molecule has 1 saturated heterocycles. The minimum atomic E-state index is -0.210. The van der Waals surface area contributed by atoms with Gasteiger partial charge >= 0.3 is 5.97 Å². The quantitative estimate of drug-likeness (QED) is 0.793. The number of hydrogen-bond donors (Lipinski definition) is 0. The van der Waals surface area contributed by atoms with Gasteiger partial charge < -0.3 is 14.4 Å². The number of esters is 1. The van der Waals surface area contributed by atoms with Gasteiger partial charge in [-0.05, 0) is 25.0 Å².